The third-order valence-electron chi connectivity index (χ3n) is 6.04. The van der Waals surface area contributed by atoms with Gasteiger partial charge in [0.05, 0.1) is 9.81 Å². The number of aryl methyl sites for hydroxylation is 4. The molecule has 2 saturated heterocycles. The maximum absolute atomic E-state index is 13.2. The zero-order valence-corrected chi connectivity index (χ0v) is 25.7. The maximum Gasteiger partial charge on any atom is 0.267 e. The number of anilines is 2. The smallest absolute Gasteiger partial charge is 0.267 e. The number of nitrogens with zero attached hydrogens (tertiary/aromatic N) is 2. The van der Waals surface area contributed by atoms with Crippen LogP contribution < -0.4 is 10.6 Å². The first-order chi connectivity index (χ1) is 18.9. The minimum absolute atomic E-state index is 0.0449. The largest absolute Gasteiger partial charge is 0.326 e. The molecule has 0 atom stereocenters. The van der Waals surface area contributed by atoms with Gasteiger partial charge < -0.3 is 10.6 Å². The first-order valence-corrected chi connectivity index (χ1v) is 14.9. The first-order valence-electron chi connectivity index (χ1n) is 12.5. The highest BCUT2D eigenvalue weighted by molar-refractivity contribution is 8.29. The van der Waals surface area contributed by atoms with Gasteiger partial charge in [-0.15, -0.1) is 0 Å². The van der Waals surface area contributed by atoms with Crippen molar-refractivity contribution in [3.8, 4) is 0 Å². The van der Waals surface area contributed by atoms with Crippen molar-refractivity contribution in [2.75, 3.05) is 23.7 Å². The summed E-state index contributed by atoms with van der Waals surface area (Å²) < 4.78 is 0.551. The van der Waals surface area contributed by atoms with Crippen LogP contribution in [0.4, 0.5) is 11.4 Å². The number of nitrogens with one attached hydrogen (secondary N) is 2. The molecule has 4 amide bonds. The number of thiocarbonyl (C=S) groups is 2. The van der Waals surface area contributed by atoms with Crippen LogP contribution >= 0.6 is 48.0 Å². The van der Waals surface area contributed by atoms with Gasteiger partial charge in [0.25, 0.3) is 11.8 Å². The van der Waals surface area contributed by atoms with Crippen LogP contribution in [0, 0.1) is 27.7 Å². The highest BCUT2D eigenvalue weighted by atomic mass is 32.2. The Hall–Kier alpha value is -3.06. The van der Waals surface area contributed by atoms with Gasteiger partial charge in [-0.05, 0) is 74.2 Å². The summed E-state index contributed by atoms with van der Waals surface area (Å²) in [6.07, 6.45) is 0.0898. The van der Waals surface area contributed by atoms with E-state index in [0.29, 0.717) is 11.4 Å². The number of carbonyl (C=O) groups is 4. The van der Waals surface area contributed by atoms with Crippen molar-refractivity contribution in [3.05, 3.63) is 68.5 Å². The van der Waals surface area contributed by atoms with Gasteiger partial charge in [0.2, 0.25) is 11.8 Å². The van der Waals surface area contributed by atoms with Crippen LogP contribution in [-0.4, -0.2) is 55.2 Å². The predicted molar refractivity (Wildman–Crippen MR) is 169 cm³/mol. The quantitative estimate of drug-likeness (QED) is 0.310. The molecule has 0 aromatic heterocycles. The van der Waals surface area contributed by atoms with Gasteiger partial charge in [-0.25, -0.2) is 0 Å². The Morgan fingerprint density at radius 2 is 0.975 bits per heavy atom. The minimum Gasteiger partial charge on any atom is -0.326 e. The topological polar surface area (TPSA) is 98.8 Å². The van der Waals surface area contributed by atoms with Crippen molar-refractivity contribution in [3.63, 3.8) is 0 Å². The molecule has 0 aliphatic carbocycles. The molecule has 2 aromatic rings. The van der Waals surface area contributed by atoms with E-state index in [1.165, 1.54) is 9.80 Å². The summed E-state index contributed by atoms with van der Waals surface area (Å²) in [6.45, 7) is 7.98. The summed E-state index contributed by atoms with van der Waals surface area (Å²) in [5, 5.41) is 5.70. The third-order valence-corrected chi connectivity index (χ3v) is 9.07. The first kappa shape index (κ1) is 29.9. The second kappa shape index (κ2) is 12.6. The summed E-state index contributed by atoms with van der Waals surface area (Å²) in [5.74, 6) is -1.35. The Morgan fingerprint density at radius 1 is 0.650 bits per heavy atom. The number of benzene rings is 2. The summed E-state index contributed by atoms with van der Waals surface area (Å²) in [5.41, 5.74) is 5.52. The second-order valence-corrected chi connectivity index (χ2v) is 12.9. The van der Waals surface area contributed by atoms with Gasteiger partial charge in [-0.2, -0.15) is 0 Å². The molecule has 0 bridgehead atoms. The fourth-order valence-electron chi connectivity index (χ4n) is 4.42. The van der Waals surface area contributed by atoms with E-state index >= 15 is 0 Å². The van der Waals surface area contributed by atoms with E-state index in [1.54, 1.807) is 0 Å². The lowest BCUT2D eigenvalue weighted by atomic mass is 10.1. The SMILES string of the molecule is Cc1cc(C)cc(NC(=O)CCN2C(=O)C(=C3SC(=S)N(CCC(=O)Nc4cc(C)cc(C)c4)C3=O)SC2=S)c1. The zero-order chi connectivity index (χ0) is 29.1. The van der Waals surface area contributed by atoms with Gasteiger partial charge in [0.15, 0.2) is 0 Å². The highest BCUT2D eigenvalue weighted by Gasteiger charge is 2.42. The molecule has 2 N–H and O–H groups in total. The van der Waals surface area contributed by atoms with Gasteiger partial charge in [0.1, 0.15) is 8.64 Å². The number of rotatable bonds is 8. The number of amides is 4. The van der Waals surface area contributed by atoms with E-state index in [0.717, 1.165) is 45.8 Å². The zero-order valence-electron chi connectivity index (χ0n) is 22.5. The number of hydrogen-bond donors (Lipinski definition) is 2. The van der Waals surface area contributed by atoms with Crippen LogP contribution in [0.25, 0.3) is 0 Å². The Labute approximate surface area is 252 Å². The van der Waals surface area contributed by atoms with Crippen LogP contribution in [0.15, 0.2) is 46.2 Å². The van der Waals surface area contributed by atoms with Gasteiger partial charge in [-0.1, -0.05) is 60.1 Å². The predicted octanol–water partition coefficient (Wildman–Crippen LogP) is 5.21. The number of carbonyl (C=O) groups excluding carboxylic acids is 4. The lowest BCUT2D eigenvalue weighted by Crippen LogP contribution is -2.33. The summed E-state index contributed by atoms with van der Waals surface area (Å²) in [4.78, 5) is 54.5. The Balaban J connectivity index is 1.35. The average molecular weight is 613 g/mol. The standard InChI is InChI=1S/C28H28N4O4S4/c1-15-9-16(2)12-19(11-15)29-21(33)5-7-31-25(35)23(39-27(31)37)24-26(36)32(28(38)40-24)8-6-22(34)30-20-13-17(3)10-18(4)14-20/h9-14H,5-8H2,1-4H3,(H,29,33)(H,30,34). The van der Waals surface area contributed by atoms with Gasteiger partial charge in [-0.3, -0.25) is 29.0 Å². The summed E-state index contributed by atoms with van der Waals surface area (Å²) >= 11 is 12.8. The molecule has 8 nitrogen and oxygen atoms in total. The molecule has 2 aliphatic heterocycles. The molecule has 2 aromatic carbocycles. The molecule has 2 fully saturated rings. The van der Waals surface area contributed by atoms with Crippen molar-refractivity contribution in [1.82, 2.24) is 9.80 Å². The molecule has 0 spiro atoms. The fraction of sp³-hybridized carbons (Fsp3) is 0.286. The van der Waals surface area contributed by atoms with Crippen LogP contribution in [0.5, 0.6) is 0 Å². The van der Waals surface area contributed by atoms with Crippen LogP contribution in [0.1, 0.15) is 35.1 Å². The van der Waals surface area contributed by atoms with Crippen LogP contribution in [0.2, 0.25) is 0 Å². The van der Waals surface area contributed by atoms with Crippen molar-refractivity contribution in [2.45, 2.75) is 40.5 Å². The molecule has 12 heteroatoms. The van der Waals surface area contributed by atoms with Gasteiger partial charge >= 0.3 is 0 Å². The molecule has 0 unspecified atom stereocenters. The van der Waals surface area contributed by atoms with E-state index < -0.39 is 11.8 Å². The van der Waals surface area contributed by atoms with Crippen molar-refractivity contribution >= 4 is 91.6 Å². The van der Waals surface area contributed by atoms with E-state index in [-0.39, 0.29) is 56.2 Å². The van der Waals surface area contributed by atoms with E-state index in [4.69, 9.17) is 24.4 Å². The molecule has 40 heavy (non-hydrogen) atoms. The van der Waals surface area contributed by atoms with Crippen molar-refractivity contribution in [1.29, 1.82) is 0 Å². The Morgan fingerprint density at radius 3 is 1.30 bits per heavy atom. The average Bonchev–Trinajstić information content (AvgIpc) is 3.28. The van der Waals surface area contributed by atoms with Crippen LogP contribution in [0.3, 0.4) is 0 Å². The lowest BCUT2D eigenvalue weighted by molar-refractivity contribution is -0.125. The monoisotopic (exact) mass is 612 g/mol. The van der Waals surface area contributed by atoms with E-state index in [9.17, 15) is 19.2 Å². The summed E-state index contributed by atoms with van der Waals surface area (Å²) in [7, 11) is 0. The second-order valence-electron chi connectivity index (χ2n) is 9.66. The number of hydrogen-bond acceptors (Lipinski definition) is 8. The molecule has 0 saturated carbocycles. The minimum atomic E-state index is -0.428. The van der Waals surface area contributed by atoms with E-state index in [2.05, 4.69) is 10.6 Å². The molecule has 208 valence electrons. The Bertz CT molecular complexity index is 1340. The fourth-order valence-corrected chi connectivity index (χ4v) is 7.19. The summed E-state index contributed by atoms with van der Waals surface area (Å²) in [6, 6.07) is 11.5. The molecule has 4 rings (SSSR count). The maximum atomic E-state index is 13.2. The molecular weight excluding hydrogens is 585 g/mol. The Kier molecular flexibility index (Phi) is 9.44. The van der Waals surface area contributed by atoms with Gasteiger partial charge in [0, 0.05) is 37.3 Å². The van der Waals surface area contributed by atoms with Crippen LogP contribution in [-0.2, 0) is 19.2 Å². The number of thioether (sulfide) groups is 2. The molecule has 2 aliphatic rings. The van der Waals surface area contributed by atoms with E-state index in [1.807, 2.05) is 64.1 Å². The third kappa shape index (κ3) is 7.17. The van der Waals surface area contributed by atoms with Crippen molar-refractivity contribution in [2.24, 2.45) is 0 Å². The highest BCUT2D eigenvalue weighted by Crippen LogP contribution is 2.42. The molecule has 2 heterocycles. The molecule has 0 radical (unpaired) electrons. The molecular formula is C28H28N4O4S4. The van der Waals surface area contributed by atoms with Crippen molar-refractivity contribution < 1.29 is 19.2 Å². The normalized spacial score (nSPS) is 17.2. The lowest BCUT2D eigenvalue weighted by Gasteiger charge is -2.15.